The lowest BCUT2D eigenvalue weighted by atomic mass is 9.70. The van der Waals surface area contributed by atoms with E-state index in [0.717, 1.165) is 12.8 Å². The number of anilines is 2. The van der Waals surface area contributed by atoms with Crippen LogP contribution in [0.3, 0.4) is 0 Å². The van der Waals surface area contributed by atoms with Crippen molar-refractivity contribution in [2.45, 2.75) is 66.2 Å². The fourth-order valence-electron chi connectivity index (χ4n) is 7.93. The smallest absolute Gasteiger partial charge is 0.233 e. The van der Waals surface area contributed by atoms with Gasteiger partial charge in [-0.1, -0.05) is 39.8 Å². The number of ketones is 2. The van der Waals surface area contributed by atoms with E-state index in [-0.39, 0.29) is 46.3 Å². The minimum Gasteiger partial charge on any atom is -0.299 e. The van der Waals surface area contributed by atoms with Gasteiger partial charge in [0, 0.05) is 12.8 Å². The Labute approximate surface area is 214 Å². The molecule has 0 saturated heterocycles. The van der Waals surface area contributed by atoms with Crippen molar-refractivity contribution in [1.82, 2.24) is 0 Å². The van der Waals surface area contributed by atoms with E-state index < -0.39 is 41.7 Å². The van der Waals surface area contributed by atoms with Gasteiger partial charge in [-0.05, 0) is 60.5 Å². The fraction of sp³-hybridized carbons (Fsp3) is 0.692. The highest BCUT2D eigenvalue weighted by Crippen LogP contribution is 2.65. The third kappa shape index (κ3) is 3.57. The van der Waals surface area contributed by atoms with Crippen LogP contribution in [0.15, 0.2) is 24.3 Å². The molecule has 0 spiro atoms. The first-order chi connectivity index (χ1) is 16.6. The van der Waals surface area contributed by atoms with Crippen molar-refractivity contribution < 1.29 is 26.4 Å². The lowest BCUT2D eigenvalue weighted by Crippen LogP contribution is -2.44. The zero-order valence-electron chi connectivity index (χ0n) is 21.4. The van der Waals surface area contributed by atoms with Gasteiger partial charge in [0.15, 0.2) is 0 Å². The summed E-state index contributed by atoms with van der Waals surface area (Å²) in [6.45, 7) is 7.91. The number of sulfonamides is 2. The van der Waals surface area contributed by atoms with Gasteiger partial charge in [0.1, 0.15) is 11.6 Å². The van der Waals surface area contributed by atoms with Crippen LogP contribution in [0.5, 0.6) is 0 Å². The average molecular weight is 537 g/mol. The summed E-state index contributed by atoms with van der Waals surface area (Å²) in [5, 5.41) is 0. The second kappa shape index (κ2) is 7.79. The summed E-state index contributed by atoms with van der Waals surface area (Å²) >= 11 is 0. The number of nitrogens with one attached hydrogen (secondary N) is 2. The van der Waals surface area contributed by atoms with Crippen LogP contribution in [0.1, 0.15) is 66.2 Å². The number of carbonyl (C=O) groups excluding carboxylic acids is 2. The summed E-state index contributed by atoms with van der Waals surface area (Å²) in [7, 11) is -7.93. The number of hydrogen-bond acceptors (Lipinski definition) is 6. The molecule has 0 unspecified atom stereocenters. The van der Waals surface area contributed by atoms with Gasteiger partial charge in [0.05, 0.1) is 33.7 Å². The molecule has 4 saturated carbocycles. The molecule has 0 radical (unpaired) electrons. The summed E-state index contributed by atoms with van der Waals surface area (Å²) in [5.41, 5.74) is -2.45. The Balaban J connectivity index is 1.37. The van der Waals surface area contributed by atoms with Crippen molar-refractivity contribution in [2.24, 2.45) is 33.5 Å². The molecule has 1 aromatic carbocycles. The standard InChI is InChI=1S/C26H36N2O6S2/c1-23(2)17-9-11-25(23,21(29)13-17)15-35(31,32)27-19-7-5-6-8-20(19)28-36(33,34)16-26-12-10-18(14-22(26)30)24(26,3)4/h5-8,17-18,27-28H,9-16H2,1-4H3/t17-,18-,25-,26-/m1/s1. The van der Waals surface area contributed by atoms with Crippen molar-refractivity contribution in [1.29, 1.82) is 0 Å². The average Bonchev–Trinajstić information content (AvgIpc) is 3.27. The Morgan fingerprint density at radius 3 is 1.36 bits per heavy atom. The summed E-state index contributed by atoms with van der Waals surface area (Å²) in [6, 6.07) is 6.24. The molecule has 0 heterocycles. The molecule has 0 aromatic heterocycles. The van der Waals surface area contributed by atoms with Crippen molar-refractivity contribution in [3.8, 4) is 0 Å². The molecule has 8 nitrogen and oxygen atoms in total. The van der Waals surface area contributed by atoms with Crippen LogP contribution in [0.2, 0.25) is 0 Å². The molecule has 198 valence electrons. The minimum absolute atomic E-state index is 0.00100. The summed E-state index contributed by atoms with van der Waals surface area (Å²) in [6.07, 6.45) is 3.59. The van der Waals surface area contributed by atoms with E-state index in [1.165, 1.54) is 12.1 Å². The molecule has 4 aliphatic carbocycles. The molecule has 4 bridgehead atoms. The van der Waals surface area contributed by atoms with E-state index in [9.17, 15) is 26.4 Å². The number of rotatable bonds is 8. The van der Waals surface area contributed by atoms with Crippen molar-refractivity contribution in [3.63, 3.8) is 0 Å². The molecule has 10 heteroatoms. The number of fused-ring (bicyclic) bond motifs is 4. The predicted molar refractivity (Wildman–Crippen MR) is 138 cm³/mol. The zero-order chi connectivity index (χ0) is 26.4. The maximum atomic E-state index is 13.3. The van der Waals surface area contributed by atoms with E-state index in [2.05, 4.69) is 9.44 Å². The Bertz CT molecular complexity index is 1250. The SMILES string of the molecule is CC1(C)[C@@H]2CC[C@@]1(CS(=O)(=O)Nc1ccccc1NS(=O)(=O)C[C@]13CC[C@H](CC1=O)C3(C)C)C(=O)C2. The van der Waals surface area contributed by atoms with Crippen LogP contribution >= 0.6 is 0 Å². The molecule has 4 atom stereocenters. The van der Waals surface area contributed by atoms with E-state index in [1.807, 2.05) is 27.7 Å². The lowest BCUT2D eigenvalue weighted by molar-refractivity contribution is -0.128. The number of para-hydroxylation sites is 2. The van der Waals surface area contributed by atoms with Crippen LogP contribution < -0.4 is 9.44 Å². The van der Waals surface area contributed by atoms with Crippen molar-refractivity contribution in [2.75, 3.05) is 20.9 Å². The maximum Gasteiger partial charge on any atom is 0.233 e. The van der Waals surface area contributed by atoms with Gasteiger partial charge < -0.3 is 0 Å². The van der Waals surface area contributed by atoms with E-state index >= 15 is 0 Å². The Morgan fingerprint density at radius 2 is 1.08 bits per heavy atom. The van der Waals surface area contributed by atoms with Crippen LogP contribution in [0.25, 0.3) is 0 Å². The molecular formula is C26H36N2O6S2. The first-order valence-corrected chi connectivity index (χ1v) is 16.0. The molecule has 0 amide bonds. The van der Waals surface area contributed by atoms with Gasteiger partial charge in [-0.15, -0.1) is 0 Å². The Hall–Kier alpha value is -1.94. The van der Waals surface area contributed by atoms with E-state index in [4.69, 9.17) is 0 Å². The topological polar surface area (TPSA) is 126 Å². The molecule has 4 fully saturated rings. The van der Waals surface area contributed by atoms with Crippen LogP contribution in [0, 0.1) is 33.5 Å². The van der Waals surface area contributed by atoms with Gasteiger partial charge in [-0.2, -0.15) is 0 Å². The normalized spacial score (nSPS) is 34.3. The summed E-state index contributed by atoms with van der Waals surface area (Å²) in [5.74, 6) is -0.261. The predicted octanol–water partition coefficient (Wildman–Crippen LogP) is 3.96. The van der Waals surface area contributed by atoms with Gasteiger partial charge in [-0.3, -0.25) is 19.0 Å². The van der Waals surface area contributed by atoms with E-state index in [0.29, 0.717) is 25.7 Å². The second-order valence-electron chi connectivity index (χ2n) is 12.6. The number of hydrogen-bond donors (Lipinski definition) is 2. The third-order valence-electron chi connectivity index (χ3n) is 10.6. The third-order valence-corrected chi connectivity index (χ3v) is 13.4. The maximum absolute atomic E-state index is 13.3. The summed E-state index contributed by atoms with van der Waals surface area (Å²) < 4.78 is 58.4. The first-order valence-electron chi connectivity index (χ1n) is 12.7. The monoisotopic (exact) mass is 536 g/mol. The summed E-state index contributed by atoms with van der Waals surface area (Å²) in [4.78, 5) is 25.7. The lowest BCUT2D eigenvalue weighted by Gasteiger charge is -2.36. The molecule has 2 N–H and O–H groups in total. The highest BCUT2D eigenvalue weighted by atomic mass is 32.2. The van der Waals surface area contributed by atoms with Gasteiger partial charge in [0.2, 0.25) is 20.0 Å². The highest BCUT2D eigenvalue weighted by molar-refractivity contribution is 7.93. The molecule has 1 aromatic rings. The van der Waals surface area contributed by atoms with Crippen molar-refractivity contribution >= 4 is 43.0 Å². The zero-order valence-corrected chi connectivity index (χ0v) is 23.0. The van der Waals surface area contributed by atoms with Crippen molar-refractivity contribution in [3.05, 3.63) is 24.3 Å². The molecular weight excluding hydrogens is 500 g/mol. The second-order valence-corrected chi connectivity index (χ2v) is 16.0. The van der Waals surface area contributed by atoms with Gasteiger partial charge in [-0.25, -0.2) is 16.8 Å². The van der Waals surface area contributed by atoms with Crippen LogP contribution in [0.4, 0.5) is 11.4 Å². The number of Topliss-reactive ketones (excluding diaryl/α,β-unsaturated/α-hetero) is 2. The number of carbonyl (C=O) groups is 2. The quantitative estimate of drug-likeness (QED) is 0.518. The Morgan fingerprint density at radius 1 is 0.722 bits per heavy atom. The minimum atomic E-state index is -3.96. The highest BCUT2D eigenvalue weighted by Gasteiger charge is 2.66. The molecule has 5 rings (SSSR count). The van der Waals surface area contributed by atoms with Crippen LogP contribution in [-0.2, 0) is 29.6 Å². The Kier molecular flexibility index (Phi) is 5.56. The van der Waals surface area contributed by atoms with Crippen LogP contribution in [-0.4, -0.2) is 39.9 Å². The van der Waals surface area contributed by atoms with Gasteiger partial charge >= 0.3 is 0 Å². The molecule has 36 heavy (non-hydrogen) atoms. The first kappa shape index (κ1) is 25.7. The number of benzene rings is 1. The fourth-order valence-corrected chi connectivity index (χ4v) is 11.8. The van der Waals surface area contributed by atoms with Gasteiger partial charge in [0.25, 0.3) is 0 Å². The molecule has 4 aliphatic rings. The molecule has 0 aliphatic heterocycles. The largest absolute Gasteiger partial charge is 0.299 e. The van der Waals surface area contributed by atoms with E-state index in [1.54, 1.807) is 12.1 Å².